The highest BCUT2D eigenvalue weighted by molar-refractivity contribution is 5.40. The molecule has 19 heavy (non-hydrogen) atoms. The van der Waals surface area contributed by atoms with Crippen LogP contribution in [0, 0.1) is 5.82 Å². The average Bonchev–Trinajstić information content (AvgIpc) is 2.47. The number of methoxy groups -OCH3 is 2. The molecule has 0 aromatic heterocycles. The summed E-state index contributed by atoms with van der Waals surface area (Å²) in [5.41, 5.74) is 1.80. The summed E-state index contributed by atoms with van der Waals surface area (Å²) in [7, 11) is 3.02. The Morgan fingerprint density at radius 2 is 1.68 bits per heavy atom. The van der Waals surface area contributed by atoms with Crippen molar-refractivity contribution in [3.63, 3.8) is 0 Å². The maximum absolute atomic E-state index is 14.1. The van der Waals surface area contributed by atoms with E-state index in [1.807, 2.05) is 30.3 Å². The number of hydrogen-bond donors (Lipinski definition) is 0. The molecule has 2 aromatic carbocycles. The van der Waals surface area contributed by atoms with Gasteiger partial charge in [-0.3, -0.25) is 0 Å². The van der Waals surface area contributed by atoms with Crippen molar-refractivity contribution in [2.45, 2.75) is 12.8 Å². The molecule has 0 saturated heterocycles. The van der Waals surface area contributed by atoms with Gasteiger partial charge in [0.05, 0.1) is 14.2 Å². The van der Waals surface area contributed by atoms with Gasteiger partial charge in [-0.2, -0.15) is 0 Å². The van der Waals surface area contributed by atoms with Crippen molar-refractivity contribution in [2.75, 3.05) is 14.2 Å². The van der Waals surface area contributed by atoms with Crippen molar-refractivity contribution in [1.29, 1.82) is 0 Å². The van der Waals surface area contributed by atoms with Gasteiger partial charge in [-0.1, -0.05) is 30.3 Å². The van der Waals surface area contributed by atoms with Gasteiger partial charge in [0, 0.05) is 6.07 Å². The van der Waals surface area contributed by atoms with E-state index in [1.165, 1.54) is 12.7 Å². The van der Waals surface area contributed by atoms with E-state index in [2.05, 4.69) is 0 Å². The highest BCUT2D eigenvalue weighted by Gasteiger charge is 2.11. The highest BCUT2D eigenvalue weighted by Crippen LogP contribution is 2.28. The fourth-order valence-electron chi connectivity index (χ4n) is 2.00. The minimum atomic E-state index is -0.306. The SMILES string of the molecule is COc1cc(CCc2ccccc2)c(F)c(OC)c1. The topological polar surface area (TPSA) is 18.5 Å². The summed E-state index contributed by atoms with van der Waals surface area (Å²) in [6.45, 7) is 0. The van der Waals surface area contributed by atoms with E-state index < -0.39 is 0 Å². The Labute approximate surface area is 112 Å². The first-order valence-electron chi connectivity index (χ1n) is 6.19. The van der Waals surface area contributed by atoms with Gasteiger partial charge >= 0.3 is 0 Å². The van der Waals surface area contributed by atoms with Gasteiger partial charge in [0.2, 0.25) is 0 Å². The van der Waals surface area contributed by atoms with E-state index in [0.29, 0.717) is 17.7 Å². The van der Waals surface area contributed by atoms with Crippen molar-refractivity contribution in [3.05, 3.63) is 59.4 Å². The molecule has 3 heteroatoms. The third kappa shape index (κ3) is 3.25. The number of benzene rings is 2. The summed E-state index contributed by atoms with van der Waals surface area (Å²) in [5, 5.41) is 0. The second kappa shape index (κ2) is 6.23. The van der Waals surface area contributed by atoms with Crippen LogP contribution in [0.1, 0.15) is 11.1 Å². The summed E-state index contributed by atoms with van der Waals surface area (Å²) >= 11 is 0. The lowest BCUT2D eigenvalue weighted by Crippen LogP contribution is -1.99. The first kappa shape index (κ1) is 13.4. The minimum Gasteiger partial charge on any atom is -0.497 e. The lowest BCUT2D eigenvalue weighted by Gasteiger charge is -2.10. The number of ether oxygens (including phenoxy) is 2. The minimum absolute atomic E-state index is 0.224. The van der Waals surface area contributed by atoms with Gasteiger partial charge in [0.15, 0.2) is 11.6 Å². The molecular formula is C16H17FO2. The molecule has 0 aliphatic carbocycles. The average molecular weight is 260 g/mol. The summed E-state index contributed by atoms with van der Waals surface area (Å²) in [4.78, 5) is 0. The van der Waals surface area contributed by atoms with Crippen LogP contribution in [0.3, 0.4) is 0 Å². The third-order valence-electron chi connectivity index (χ3n) is 3.07. The van der Waals surface area contributed by atoms with Gasteiger partial charge in [-0.15, -0.1) is 0 Å². The Bertz CT molecular complexity index is 538. The van der Waals surface area contributed by atoms with Crippen LogP contribution >= 0.6 is 0 Å². The van der Waals surface area contributed by atoms with E-state index >= 15 is 0 Å². The van der Waals surface area contributed by atoms with Crippen LogP contribution in [0.4, 0.5) is 4.39 Å². The summed E-state index contributed by atoms with van der Waals surface area (Å²) in [6, 6.07) is 13.3. The number of hydrogen-bond acceptors (Lipinski definition) is 2. The van der Waals surface area contributed by atoms with Gasteiger partial charge in [-0.25, -0.2) is 4.39 Å². The van der Waals surface area contributed by atoms with Gasteiger partial charge in [0.1, 0.15) is 5.75 Å². The van der Waals surface area contributed by atoms with Crippen LogP contribution in [0.5, 0.6) is 11.5 Å². The quantitative estimate of drug-likeness (QED) is 0.817. The van der Waals surface area contributed by atoms with Crippen LogP contribution < -0.4 is 9.47 Å². The Morgan fingerprint density at radius 1 is 0.947 bits per heavy atom. The standard InChI is InChI=1S/C16H17FO2/c1-18-14-10-13(16(17)15(11-14)19-2)9-8-12-6-4-3-5-7-12/h3-7,10-11H,8-9H2,1-2H3. The van der Waals surface area contributed by atoms with Gasteiger partial charge in [-0.05, 0) is 30.0 Å². The molecule has 0 atom stereocenters. The largest absolute Gasteiger partial charge is 0.497 e. The van der Waals surface area contributed by atoms with Crippen molar-refractivity contribution in [3.8, 4) is 11.5 Å². The van der Waals surface area contributed by atoms with Crippen LogP contribution in [0.2, 0.25) is 0 Å². The molecule has 2 aromatic rings. The number of aryl methyl sites for hydroxylation is 2. The lowest BCUT2D eigenvalue weighted by molar-refractivity contribution is 0.371. The van der Waals surface area contributed by atoms with Crippen LogP contribution in [-0.4, -0.2) is 14.2 Å². The van der Waals surface area contributed by atoms with E-state index in [9.17, 15) is 4.39 Å². The fraction of sp³-hybridized carbons (Fsp3) is 0.250. The van der Waals surface area contributed by atoms with Crippen molar-refractivity contribution in [1.82, 2.24) is 0 Å². The molecule has 0 N–H and O–H groups in total. The van der Waals surface area contributed by atoms with E-state index in [-0.39, 0.29) is 11.6 Å². The smallest absolute Gasteiger partial charge is 0.168 e. The van der Waals surface area contributed by atoms with Gasteiger partial charge < -0.3 is 9.47 Å². The molecule has 2 nitrogen and oxygen atoms in total. The molecule has 0 heterocycles. The van der Waals surface area contributed by atoms with E-state index in [4.69, 9.17) is 9.47 Å². The summed E-state index contributed by atoms with van der Waals surface area (Å²) in [6.07, 6.45) is 1.40. The Balaban J connectivity index is 2.19. The zero-order valence-corrected chi connectivity index (χ0v) is 11.2. The summed E-state index contributed by atoms with van der Waals surface area (Å²) < 4.78 is 24.3. The van der Waals surface area contributed by atoms with Gasteiger partial charge in [0.25, 0.3) is 0 Å². The molecule has 0 bridgehead atoms. The molecule has 0 saturated carbocycles. The predicted octanol–water partition coefficient (Wildman–Crippen LogP) is 3.63. The van der Waals surface area contributed by atoms with E-state index in [1.54, 1.807) is 19.2 Å². The first-order chi connectivity index (χ1) is 9.24. The monoisotopic (exact) mass is 260 g/mol. The number of rotatable bonds is 5. The molecule has 100 valence electrons. The zero-order valence-electron chi connectivity index (χ0n) is 11.2. The van der Waals surface area contributed by atoms with Crippen molar-refractivity contribution in [2.24, 2.45) is 0 Å². The molecule has 0 aliphatic rings. The zero-order chi connectivity index (χ0) is 13.7. The lowest BCUT2D eigenvalue weighted by atomic mass is 10.0. The normalized spacial score (nSPS) is 10.3. The molecular weight excluding hydrogens is 243 g/mol. The second-order valence-electron chi connectivity index (χ2n) is 4.29. The highest BCUT2D eigenvalue weighted by atomic mass is 19.1. The Hall–Kier alpha value is -2.03. The van der Waals surface area contributed by atoms with Crippen molar-refractivity contribution < 1.29 is 13.9 Å². The number of halogens is 1. The Morgan fingerprint density at radius 3 is 2.32 bits per heavy atom. The maximum atomic E-state index is 14.1. The molecule has 0 spiro atoms. The summed E-state index contributed by atoms with van der Waals surface area (Å²) in [5.74, 6) is 0.531. The molecule has 0 fully saturated rings. The second-order valence-corrected chi connectivity index (χ2v) is 4.29. The fourth-order valence-corrected chi connectivity index (χ4v) is 2.00. The van der Waals surface area contributed by atoms with Crippen LogP contribution in [-0.2, 0) is 12.8 Å². The first-order valence-corrected chi connectivity index (χ1v) is 6.19. The van der Waals surface area contributed by atoms with Crippen LogP contribution in [0.15, 0.2) is 42.5 Å². The van der Waals surface area contributed by atoms with E-state index in [0.717, 1.165) is 6.42 Å². The predicted molar refractivity (Wildman–Crippen MR) is 73.4 cm³/mol. The van der Waals surface area contributed by atoms with Crippen LogP contribution in [0.25, 0.3) is 0 Å². The van der Waals surface area contributed by atoms with Crippen molar-refractivity contribution >= 4 is 0 Å². The third-order valence-corrected chi connectivity index (χ3v) is 3.07. The Kier molecular flexibility index (Phi) is 4.39. The molecule has 0 amide bonds. The molecule has 2 rings (SSSR count). The molecule has 0 radical (unpaired) electrons. The molecule has 0 unspecified atom stereocenters. The maximum Gasteiger partial charge on any atom is 0.168 e. The molecule has 0 aliphatic heterocycles.